The number of hydrogen-bond acceptors (Lipinski definition) is 3. The first kappa shape index (κ1) is 16.8. The van der Waals surface area contributed by atoms with Crippen molar-refractivity contribution >= 4 is 16.8 Å². The molecule has 0 spiro atoms. The Balaban J connectivity index is 1.74. The first-order valence-electron chi connectivity index (χ1n) is 9.10. The van der Waals surface area contributed by atoms with E-state index in [9.17, 15) is 9.90 Å². The second kappa shape index (κ2) is 6.94. The fourth-order valence-corrected chi connectivity index (χ4v) is 3.74. The summed E-state index contributed by atoms with van der Waals surface area (Å²) in [6.45, 7) is 5.05. The molecule has 0 radical (unpaired) electrons. The van der Waals surface area contributed by atoms with Crippen LogP contribution in [0.25, 0.3) is 11.0 Å². The number of ketones is 1. The van der Waals surface area contributed by atoms with Crippen LogP contribution in [0.4, 0.5) is 0 Å². The van der Waals surface area contributed by atoms with Gasteiger partial charge in [0.1, 0.15) is 50.3 Å². The largest absolute Gasteiger partial charge is 0.507 e. The lowest BCUT2D eigenvalue weighted by Gasteiger charge is -2.27. The summed E-state index contributed by atoms with van der Waals surface area (Å²) < 4.78 is 5.65. The minimum atomic E-state index is -0.0750. The highest BCUT2D eigenvalue weighted by atomic mass is 16.3. The smallest absolute Gasteiger partial charge is 0.196 e. The highest BCUT2D eigenvalue weighted by Gasteiger charge is 2.25. The second-order valence-corrected chi connectivity index (χ2v) is 7.16. The number of furan rings is 1. The summed E-state index contributed by atoms with van der Waals surface area (Å²) in [4.78, 5) is 15.9. The van der Waals surface area contributed by atoms with Crippen LogP contribution in [0, 0.1) is 0 Å². The van der Waals surface area contributed by atoms with Gasteiger partial charge in [-0.3, -0.25) is 4.79 Å². The van der Waals surface area contributed by atoms with Gasteiger partial charge in [0, 0.05) is 10.9 Å². The molecule has 1 saturated heterocycles. The average molecular weight is 352 g/mol. The molecule has 134 valence electrons. The van der Waals surface area contributed by atoms with Crippen molar-refractivity contribution in [1.29, 1.82) is 0 Å². The molecule has 1 aliphatic rings. The van der Waals surface area contributed by atoms with E-state index in [1.807, 2.05) is 18.2 Å². The van der Waals surface area contributed by atoms with Gasteiger partial charge < -0.3 is 19.3 Å². The minimum absolute atomic E-state index is 0.0750. The van der Waals surface area contributed by atoms with Crippen LogP contribution in [-0.2, 0) is 6.54 Å². The molecule has 0 unspecified atom stereocenters. The van der Waals surface area contributed by atoms with Gasteiger partial charge in [0.15, 0.2) is 5.78 Å². The number of fused-ring (bicyclic) bond motifs is 1. The molecule has 0 saturated carbocycles. The van der Waals surface area contributed by atoms with E-state index >= 15 is 0 Å². The maximum Gasteiger partial charge on any atom is 0.196 e. The molecule has 5 heteroatoms. The number of benzene rings is 2. The van der Waals surface area contributed by atoms with Gasteiger partial charge in [0.05, 0.1) is 18.2 Å². The zero-order valence-electron chi connectivity index (χ0n) is 14.9. The van der Waals surface area contributed by atoms with Gasteiger partial charge in [-0.05, 0) is 12.1 Å². The first-order chi connectivity index (χ1) is 12.6. The van der Waals surface area contributed by atoms with Crippen molar-refractivity contribution in [2.75, 3.05) is 33.2 Å². The summed E-state index contributed by atoms with van der Waals surface area (Å²) in [5, 5.41) is 11.3. The number of likely N-dealkylation sites (N-methyl/N-ethyl adjacent to an activating group) is 1. The molecule has 0 atom stereocenters. The number of aromatic hydroxyl groups is 1. The van der Waals surface area contributed by atoms with E-state index in [0.29, 0.717) is 23.3 Å². The lowest BCUT2D eigenvalue weighted by Crippen LogP contribution is -3.26. The zero-order chi connectivity index (χ0) is 18.1. The highest BCUT2D eigenvalue weighted by molar-refractivity contribution is 6.16. The Morgan fingerprint density at radius 1 is 1.08 bits per heavy atom. The van der Waals surface area contributed by atoms with Crippen LogP contribution in [0.2, 0.25) is 0 Å². The molecule has 2 aromatic carbocycles. The van der Waals surface area contributed by atoms with Gasteiger partial charge in [-0.25, -0.2) is 0 Å². The zero-order valence-corrected chi connectivity index (χ0v) is 14.9. The van der Waals surface area contributed by atoms with Crippen LogP contribution in [0.15, 0.2) is 53.1 Å². The Morgan fingerprint density at radius 2 is 1.81 bits per heavy atom. The molecule has 1 aliphatic heterocycles. The third-order valence-electron chi connectivity index (χ3n) is 5.34. The molecule has 5 nitrogen and oxygen atoms in total. The Kier molecular flexibility index (Phi) is 4.49. The summed E-state index contributed by atoms with van der Waals surface area (Å²) in [5.74, 6) is 0.161. The Bertz CT molecular complexity index is 925. The van der Waals surface area contributed by atoms with E-state index in [4.69, 9.17) is 4.42 Å². The van der Waals surface area contributed by atoms with E-state index in [1.54, 1.807) is 29.2 Å². The fraction of sp³-hybridized carbons (Fsp3) is 0.286. The number of carbonyl (C=O) groups is 1. The normalized spacial score (nSPS) is 20.3. The Hall–Kier alpha value is -2.63. The summed E-state index contributed by atoms with van der Waals surface area (Å²) in [6, 6.07) is 12.6. The van der Waals surface area contributed by atoms with E-state index in [0.717, 1.165) is 37.1 Å². The van der Waals surface area contributed by atoms with Crippen molar-refractivity contribution in [1.82, 2.24) is 0 Å². The number of quaternary nitrogens is 2. The van der Waals surface area contributed by atoms with Crippen molar-refractivity contribution in [2.24, 2.45) is 0 Å². The van der Waals surface area contributed by atoms with Crippen molar-refractivity contribution in [3.63, 3.8) is 0 Å². The standard InChI is InChI=1S/C21H22N2O3/c1-22-9-11-23(12-10-22)13-16-18(24)7-8-19-20(16)17(14-26-19)21(25)15-5-3-2-4-6-15/h2-8,14,24H,9-13H2,1H3/p+2. The quantitative estimate of drug-likeness (QED) is 0.592. The number of rotatable bonds is 4. The number of carbonyl (C=O) groups excluding carboxylic acids is 1. The van der Waals surface area contributed by atoms with Gasteiger partial charge in [-0.15, -0.1) is 0 Å². The van der Waals surface area contributed by atoms with Crippen molar-refractivity contribution in [3.8, 4) is 5.75 Å². The summed E-state index contributed by atoms with van der Waals surface area (Å²) in [5.41, 5.74) is 2.61. The molecule has 4 rings (SSSR count). The third kappa shape index (κ3) is 3.11. The monoisotopic (exact) mass is 352 g/mol. The van der Waals surface area contributed by atoms with Gasteiger partial charge >= 0.3 is 0 Å². The van der Waals surface area contributed by atoms with Gasteiger partial charge in [-0.1, -0.05) is 30.3 Å². The maximum absolute atomic E-state index is 13.0. The molecule has 0 bridgehead atoms. The van der Waals surface area contributed by atoms with E-state index in [-0.39, 0.29) is 11.5 Å². The maximum atomic E-state index is 13.0. The van der Waals surface area contributed by atoms with Crippen LogP contribution in [0.3, 0.4) is 0 Å². The van der Waals surface area contributed by atoms with Crippen LogP contribution >= 0.6 is 0 Å². The van der Waals surface area contributed by atoms with Crippen molar-refractivity contribution in [2.45, 2.75) is 6.54 Å². The third-order valence-corrected chi connectivity index (χ3v) is 5.34. The molecule has 1 fully saturated rings. The number of nitrogens with one attached hydrogen (secondary N) is 2. The predicted octanol–water partition coefficient (Wildman–Crippen LogP) is 0.283. The van der Waals surface area contributed by atoms with Crippen LogP contribution < -0.4 is 9.80 Å². The average Bonchev–Trinajstić information content (AvgIpc) is 3.10. The van der Waals surface area contributed by atoms with Gasteiger partial charge in [0.25, 0.3) is 0 Å². The topological polar surface area (TPSA) is 59.3 Å². The van der Waals surface area contributed by atoms with Crippen molar-refractivity contribution in [3.05, 3.63) is 65.4 Å². The summed E-state index contributed by atoms with van der Waals surface area (Å²) >= 11 is 0. The summed E-state index contributed by atoms with van der Waals surface area (Å²) in [6.07, 6.45) is 1.52. The molecule has 3 aromatic rings. The Morgan fingerprint density at radius 3 is 2.54 bits per heavy atom. The van der Waals surface area contributed by atoms with Crippen LogP contribution in [-0.4, -0.2) is 44.1 Å². The SMILES string of the molecule is C[NH+]1CC[NH+](Cc2c(O)ccc3occ(C(=O)c4ccccc4)c23)CC1. The van der Waals surface area contributed by atoms with E-state index in [1.165, 1.54) is 11.2 Å². The highest BCUT2D eigenvalue weighted by Crippen LogP contribution is 2.32. The van der Waals surface area contributed by atoms with Crippen LogP contribution in [0.1, 0.15) is 21.5 Å². The Labute approximate surface area is 152 Å². The number of piperazine rings is 1. The van der Waals surface area contributed by atoms with Gasteiger partial charge in [0.2, 0.25) is 0 Å². The molecule has 2 heterocycles. The number of phenolic OH excluding ortho intramolecular Hbond substituents is 1. The lowest BCUT2D eigenvalue weighted by atomic mass is 9.98. The van der Waals surface area contributed by atoms with E-state index < -0.39 is 0 Å². The molecular formula is C21H24N2O3+2. The van der Waals surface area contributed by atoms with E-state index in [2.05, 4.69) is 7.05 Å². The molecule has 26 heavy (non-hydrogen) atoms. The van der Waals surface area contributed by atoms with Crippen molar-refractivity contribution < 1.29 is 24.1 Å². The minimum Gasteiger partial charge on any atom is -0.507 e. The lowest BCUT2D eigenvalue weighted by molar-refractivity contribution is -1.01. The molecular weight excluding hydrogens is 328 g/mol. The van der Waals surface area contributed by atoms with Crippen LogP contribution in [0.5, 0.6) is 5.75 Å². The molecule has 0 amide bonds. The predicted molar refractivity (Wildman–Crippen MR) is 98.8 cm³/mol. The van der Waals surface area contributed by atoms with Gasteiger partial charge in [-0.2, -0.15) is 0 Å². The summed E-state index contributed by atoms with van der Waals surface area (Å²) in [7, 11) is 2.21. The fourth-order valence-electron chi connectivity index (χ4n) is 3.74. The molecule has 3 N–H and O–H groups in total. The number of phenols is 1. The molecule has 1 aromatic heterocycles. The first-order valence-corrected chi connectivity index (χ1v) is 9.10. The molecule has 0 aliphatic carbocycles. The number of hydrogen-bond donors (Lipinski definition) is 3. The second-order valence-electron chi connectivity index (χ2n) is 7.16.